The fourth-order valence-corrected chi connectivity index (χ4v) is 2.86. The quantitative estimate of drug-likeness (QED) is 0.520. The van der Waals surface area contributed by atoms with Gasteiger partial charge in [0, 0.05) is 11.3 Å². The number of carbonyl (C=O) groups is 2. The number of nitrogens with one attached hydrogen (secondary N) is 1. The average molecular weight is 320 g/mol. The van der Waals surface area contributed by atoms with Crippen molar-refractivity contribution in [1.29, 1.82) is 5.26 Å². The SMILES string of the molecule is CC(=O)c1c(C)[nH]c(C(=O)/C(C#N)=C/c2cc(C)ccc2C)c1C. The van der Waals surface area contributed by atoms with Crippen LogP contribution >= 0.6 is 0 Å². The molecule has 0 amide bonds. The summed E-state index contributed by atoms with van der Waals surface area (Å²) in [4.78, 5) is 27.4. The van der Waals surface area contributed by atoms with Gasteiger partial charge in [-0.15, -0.1) is 0 Å². The summed E-state index contributed by atoms with van der Waals surface area (Å²) in [6, 6.07) is 7.87. The van der Waals surface area contributed by atoms with Crippen molar-refractivity contribution in [3.63, 3.8) is 0 Å². The van der Waals surface area contributed by atoms with Gasteiger partial charge in [-0.2, -0.15) is 5.26 Å². The second-order valence-corrected chi connectivity index (χ2v) is 6.04. The molecule has 2 aromatic rings. The van der Waals surface area contributed by atoms with E-state index < -0.39 is 5.78 Å². The Morgan fingerprint density at radius 2 is 1.83 bits per heavy atom. The van der Waals surface area contributed by atoms with Crippen LogP contribution in [0.3, 0.4) is 0 Å². The van der Waals surface area contributed by atoms with Gasteiger partial charge < -0.3 is 4.98 Å². The topological polar surface area (TPSA) is 73.7 Å². The van der Waals surface area contributed by atoms with E-state index in [1.807, 2.05) is 38.1 Å². The number of allylic oxidation sites excluding steroid dienone is 1. The van der Waals surface area contributed by atoms with Crippen LogP contribution in [-0.4, -0.2) is 16.6 Å². The first kappa shape index (κ1) is 17.4. The molecule has 122 valence electrons. The minimum atomic E-state index is -0.397. The Labute approximate surface area is 141 Å². The molecule has 1 N–H and O–H groups in total. The molecule has 0 unspecified atom stereocenters. The van der Waals surface area contributed by atoms with Crippen LogP contribution in [0.2, 0.25) is 0 Å². The molecule has 1 heterocycles. The van der Waals surface area contributed by atoms with Gasteiger partial charge in [-0.25, -0.2) is 0 Å². The number of H-pyrrole nitrogens is 1. The Kier molecular flexibility index (Phi) is 4.85. The lowest BCUT2D eigenvalue weighted by molar-refractivity contribution is 0.101. The highest BCUT2D eigenvalue weighted by Gasteiger charge is 2.22. The lowest BCUT2D eigenvalue weighted by atomic mass is 9.99. The highest BCUT2D eigenvalue weighted by Crippen LogP contribution is 2.22. The molecule has 1 aromatic heterocycles. The third-order valence-corrected chi connectivity index (χ3v) is 4.12. The normalized spacial score (nSPS) is 11.2. The van der Waals surface area contributed by atoms with E-state index in [0.717, 1.165) is 16.7 Å². The Morgan fingerprint density at radius 3 is 2.38 bits per heavy atom. The minimum absolute atomic E-state index is 0.0446. The zero-order chi connectivity index (χ0) is 18.0. The highest BCUT2D eigenvalue weighted by atomic mass is 16.1. The van der Waals surface area contributed by atoms with Crippen LogP contribution < -0.4 is 0 Å². The first-order chi connectivity index (χ1) is 11.3. The predicted molar refractivity (Wildman–Crippen MR) is 94.1 cm³/mol. The van der Waals surface area contributed by atoms with Gasteiger partial charge in [0.25, 0.3) is 0 Å². The molecule has 0 fully saturated rings. The van der Waals surface area contributed by atoms with E-state index in [-0.39, 0.29) is 11.4 Å². The molecule has 0 aliphatic heterocycles. The first-order valence-electron chi connectivity index (χ1n) is 7.70. The van der Waals surface area contributed by atoms with Gasteiger partial charge in [-0.05, 0) is 57.4 Å². The molecule has 0 bridgehead atoms. The number of rotatable bonds is 4. The van der Waals surface area contributed by atoms with Crippen molar-refractivity contribution in [2.45, 2.75) is 34.6 Å². The maximum absolute atomic E-state index is 12.8. The van der Waals surface area contributed by atoms with E-state index in [1.54, 1.807) is 19.9 Å². The van der Waals surface area contributed by atoms with E-state index in [4.69, 9.17) is 0 Å². The second-order valence-electron chi connectivity index (χ2n) is 6.04. The predicted octanol–water partition coefficient (Wildman–Crippen LogP) is 4.24. The summed E-state index contributed by atoms with van der Waals surface area (Å²) >= 11 is 0. The van der Waals surface area contributed by atoms with Crippen LogP contribution in [0, 0.1) is 39.0 Å². The first-order valence-corrected chi connectivity index (χ1v) is 7.70. The molecule has 1 aromatic carbocycles. The summed E-state index contributed by atoms with van der Waals surface area (Å²) < 4.78 is 0. The van der Waals surface area contributed by atoms with Crippen molar-refractivity contribution < 1.29 is 9.59 Å². The summed E-state index contributed by atoms with van der Waals surface area (Å²) in [5, 5.41) is 9.44. The molecule has 0 aliphatic carbocycles. The second kappa shape index (κ2) is 6.67. The smallest absolute Gasteiger partial charge is 0.219 e. The maximum atomic E-state index is 12.8. The van der Waals surface area contributed by atoms with Crippen LogP contribution in [0.25, 0.3) is 6.08 Å². The van der Waals surface area contributed by atoms with Gasteiger partial charge in [-0.1, -0.05) is 23.8 Å². The molecule has 0 spiro atoms. The zero-order valence-electron chi connectivity index (χ0n) is 14.6. The van der Waals surface area contributed by atoms with Crippen LogP contribution in [0.15, 0.2) is 23.8 Å². The maximum Gasteiger partial charge on any atom is 0.219 e. The molecule has 0 radical (unpaired) electrons. The van der Waals surface area contributed by atoms with Crippen molar-refractivity contribution in [2.24, 2.45) is 0 Å². The highest BCUT2D eigenvalue weighted by molar-refractivity contribution is 6.15. The van der Waals surface area contributed by atoms with Crippen molar-refractivity contribution in [3.8, 4) is 6.07 Å². The largest absolute Gasteiger partial charge is 0.355 e. The number of Topliss-reactive ketones (excluding diaryl/α,β-unsaturated/α-hetero) is 2. The van der Waals surface area contributed by atoms with Crippen molar-refractivity contribution in [3.05, 3.63) is 63.0 Å². The Hall–Kier alpha value is -2.93. The summed E-state index contributed by atoms with van der Waals surface area (Å²) in [6.45, 7) is 8.83. The molecule has 0 aliphatic rings. The average Bonchev–Trinajstić information content (AvgIpc) is 2.82. The van der Waals surface area contributed by atoms with E-state index in [1.165, 1.54) is 6.92 Å². The van der Waals surface area contributed by atoms with Gasteiger partial charge in [-0.3, -0.25) is 9.59 Å². The fourth-order valence-electron chi connectivity index (χ4n) is 2.86. The molecule has 0 saturated heterocycles. The van der Waals surface area contributed by atoms with E-state index in [0.29, 0.717) is 22.5 Å². The number of ketones is 2. The third-order valence-electron chi connectivity index (χ3n) is 4.12. The fraction of sp³-hybridized carbons (Fsp3) is 0.250. The number of benzene rings is 1. The minimum Gasteiger partial charge on any atom is -0.355 e. The number of nitrogens with zero attached hydrogens (tertiary/aromatic N) is 1. The van der Waals surface area contributed by atoms with Gasteiger partial charge in [0.2, 0.25) is 5.78 Å². The number of aromatic amines is 1. The summed E-state index contributed by atoms with van der Waals surface area (Å²) in [5.74, 6) is -0.496. The monoisotopic (exact) mass is 320 g/mol. The molecular formula is C20H20N2O2. The van der Waals surface area contributed by atoms with Crippen LogP contribution in [-0.2, 0) is 0 Å². The number of aromatic nitrogens is 1. The molecule has 4 heteroatoms. The Morgan fingerprint density at radius 1 is 1.17 bits per heavy atom. The van der Waals surface area contributed by atoms with Crippen LogP contribution in [0.1, 0.15) is 55.7 Å². The van der Waals surface area contributed by atoms with Crippen molar-refractivity contribution in [2.75, 3.05) is 0 Å². The number of nitriles is 1. The summed E-state index contributed by atoms with van der Waals surface area (Å²) in [7, 11) is 0. The molecule has 24 heavy (non-hydrogen) atoms. The molecule has 0 saturated carbocycles. The van der Waals surface area contributed by atoms with Crippen LogP contribution in [0.4, 0.5) is 0 Å². The number of aryl methyl sites for hydroxylation is 3. The summed E-state index contributed by atoms with van der Waals surface area (Å²) in [6.07, 6.45) is 1.60. The lowest BCUT2D eigenvalue weighted by Crippen LogP contribution is -2.05. The Bertz CT molecular complexity index is 908. The summed E-state index contributed by atoms with van der Waals surface area (Å²) in [5.41, 5.74) is 4.99. The van der Waals surface area contributed by atoms with Gasteiger partial charge in [0.1, 0.15) is 11.6 Å². The van der Waals surface area contributed by atoms with E-state index in [2.05, 4.69) is 4.98 Å². The van der Waals surface area contributed by atoms with Gasteiger partial charge >= 0.3 is 0 Å². The standard InChI is InChI=1S/C20H20N2O2/c1-11-6-7-12(2)16(8-11)9-17(10-21)20(24)19-13(3)18(15(5)23)14(4)22-19/h6-9,22H,1-5H3/b17-9+. The molecule has 4 nitrogen and oxygen atoms in total. The third kappa shape index (κ3) is 3.21. The van der Waals surface area contributed by atoms with Crippen molar-refractivity contribution >= 4 is 17.6 Å². The van der Waals surface area contributed by atoms with Crippen molar-refractivity contribution in [1.82, 2.24) is 4.98 Å². The Balaban J connectivity index is 2.53. The number of carbonyl (C=O) groups excluding carboxylic acids is 2. The molecule has 2 rings (SSSR count). The number of hydrogen-bond donors (Lipinski definition) is 1. The molecule has 0 atom stereocenters. The molecular weight excluding hydrogens is 300 g/mol. The zero-order valence-corrected chi connectivity index (χ0v) is 14.6. The van der Waals surface area contributed by atoms with E-state index >= 15 is 0 Å². The van der Waals surface area contributed by atoms with E-state index in [9.17, 15) is 14.9 Å². The van der Waals surface area contributed by atoms with Gasteiger partial charge in [0.05, 0.1) is 5.69 Å². The lowest BCUT2D eigenvalue weighted by Gasteiger charge is -2.04. The van der Waals surface area contributed by atoms with Gasteiger partial charge in [0.15, 0.2) is 5.78 Å². The number of hydrogen-bond acceptors (Lipinski definition) is 3. The van der Waals surface area contributed by atoms with Crippen LogP contribution in [0.5, 0.6) is 0 Å².